The van der Waals surface area contributed by atoms with Gasteiger partial charge in [-0.1, -0.05) is 34.5 Å². The summed E-state index contributed by atoms with van der Waals surface area (Å²) in [5.74, 6) is -0.0615. The van der Waals surface area contributed by atoms with Crippen LogP contribution in [0, 0.1) is 5.82 Å². The number of benzene rings is 1. The molecule has 0 unspecified atom stereocenters. The summed E-state index contributed by atoms with van der Waals surface area (Å²) in [7, 11) is 0. The third-order valence-corrected chi connectivity index (χ3v) is 2.88. The first kappa shape index (κ1) is 10.7. The molecule has 0 radical (unpaired) electrons. The number of thiazole rings is 1. The number of nitrogens with zero attached hydrogens (tertiary/aromatic N) is 1. The number of halogens is 3. The monoisotopic (exact) mass is 263 g/mol. The number of hydrogen-bond acceptors (Lipinski definition) is 3. The Labute approximate surface area is 99.2 Å². The summed E-state index contributed by atoms with van der Waals surface area (Å²) in [4.78, 5) is 3.88. The Bertz CT molecular complexity index is 489. The summed E-state index contributed by atoms with van der Waals surface area (Å²) in [6.45, 7) is 0. The minimum absolute atomic E-state index is 0.00940. The molecule has 0 aliphatic rings. The van der Waals surface area contributed by atoms with E-state index in [4.69, 9.17) is 27.9 Å². The Morgan fingerprint density at radius 2 is 2.13 bits per heavy atom. The molecule has 1 aromatic carbocycles. The molecule has 78 valence electrons. The zero-order valence-corrected chi connectivity index (χ0v) is 9.54. The highest BCUT2D eigenvalue weighted by atomic mass is 35.5. The maximum atomic E-state index is 12.8. The van der Waals surface area contributed by atoms with Crippen molar-refractivity contribution in [3.63, 3.8) is 0 Å². The number of aromatic nitrogens is 1. The molecule has 0 amide bonds. The van der Waals surface area contributed by atoms with Gasteiger partial charge in [0, 0.05) is 11.4 Å². The highest BCUT2D eigenvalue weighted by Gasteiger charge is 2.05. The molecule has 2 rings (SSSR count). The van der Waals surface area contributed by atoms with E-state index in [9.17, 15) is 4.39 Å². The van der Waals surface area contributed by atoms with E-state index < -0.39 is 5.82 Å². The molecule has 2 nitrogen and oxygen atoms in total. The first-order valence-electron chi connectivity index (χ1n) is 3.89. The first-order chi connectivity index (χ1) is 7.15. The van der Waals surface area contributed by atoms with Crippen molar-refractivity contribution in [3.8, 4) is 10.9 Å². The fourth-order valence-electron chi connectivity index (χ4n) is 0.927. The molecule has 0 saturated carbocycles. The van der Waals surface area contributed by atoms with E-state index in [-0.39, 0.29) is 5.02 Å². The van der Waals surface area contributed by atoms with Crippen molar-refractivity contribution in [2.45, 2.75) is 0 Å². The van der Waals surface area contributed by atoms with Gasteiger partial charge in [0.25, 0.3) is 5.19 Å². The van der Waals surface area contributed by atoms with Gasteiger partial charge >= 0.3 is 0 Å². The fourth-order valence-corrected chi connectivity index (χ4v) is 1.90. The summed E-state index contributed by atoms with van der Waals surface area (Å²) >= 11 is 12.5. The Kier molecular flexibility index (Phi) is 3.09. The van der Waals surface area contributed by atoms with E-state index in [1.807, 2.05) is 0 Å². The van der Waals surface area contributed by atoms with Crippen LogP contribution in [0.15, 0.2) is 23.6 Å². The molecule has 1 heterocycles. The molecule has 6 heteroatoms. The van der Waals surface area contributed by atoms with Crippen LogP contribution in [0.1, 0.15) is 0 Å². The van der Waals surface area contributed by atoms with E-state index in [1.165, 1.54) is 29.5 Å². The average Bonchev–Trinajstić information content (AvgIpc) is 2.58. The molecule has 0 bridgehead atoms. The van der Waals surface area contributed by atoms with Crippen LogP contribution in [0.2, 0.25) is 10.2 Å². The maximum Gasteiger partial charge on any atom is 0.280 e. The lowest BCUT2D eigenvalue weighted by atomic mass is 10.3. The van der Waals surface area contributed by atoms with Crippen LogP contribution in [0.3, 0.4) is 0 Å². The van der Waals surface area contributed by atoms with Crippen LogP contribution in [-0.2, 0) is 0 Å². The lowest BCUT2D eigenvalue weighted by molar-refractivity contribution is 0.477. The Balaban J connectivity index is 2.21. The second-order valence-electron chi connectivity index (χ2n) is 2.61. The Hall–Kier alpha value is -0.840. The van der Waals surface area contributed by atoms with E-state index in [2.05, 4.69) is 4.98 Å². The van der Waals surface area contributed by atoms with Crippen molar-refractivity contribution in [2.24, 2.45) is 0 Å². The lowest BCUT2D eigenvalue weighted by Gasteiger charge is -2.01. The van der Waals surface area contributed by atoms with Crippen molar-refractivity contribution in [2.75, 3.05) is 0 Å². The van der Waals surface area contributed by atoms with Crippen molar-refractivity contribution >= 4 is 34.5 Å². The molecule has 0 atom stereocenters. The third-order valence-electron chi connectivity index (χ3n) is 1.55. The van der Waals surface area contributed by atoms with E-state index in [1.54, 1.807) is 5.38 Å². The Morgan fingerprint density at radius 3 is 2.73 bits per heavy atom. The summed E-state index contributed by atoms with van der Waals surface area (Å²) < 4.78 is 18.1. The molecule has 0 spiro atoms. The minimum atomic E-state index is -0.485. The molecule has 0 aliphatic heterocycles. The van der Waals surface area contributed by atoms with Crippen LogP contribution >= 0.6 is 34.5 Å². The number of ether oxygens (including phenoxy) is 1. The SMILES string of the molecule is Fc1ccc(Oc2nc(Cl)cs2)cc1Cl. The van der Waals surface area contributed by atoms with Crippen molar-refractivity contribution in [1.82, 2.24) is 4.98 Å². The molecule has 0 N–H and O–H groups in total. The van der Waals surface area contributed by atoms with Crippen LogP contribution < -0.4 is 4.74 Å². The smallest absolute Gasteiger partial charge is 0.280 e. The molecular weight excluding hydrogens is 260 g/mol. The fraction of sp³-hybridized carbons (Fsp3) is 0. The lowest BCUT2D eigenvalue weighted by Crippen LogP contribution is -1.84. The maximum absolute atomic E-state index is 12.8. The van der Waals surface area contributed by atoms with Crippen LogP contribution in [0.5, 0.6) is 10.9 Å². The predicted molar refractivity (Wildman–Crippen MR) is 58.6 cm³/mol. The second-order valence-corrected chi connectivity index (χ2v) is 4.23. The quantitative estimate of drug-likeness (QED) is 0.802. The van der Waals surface area contributed by atoms with Gasteiger partial charge in [-0.3, -0.25) is 0 Å². The van der Waals surface area contributed by atoms with Crippen molar-refractivity contribution in [3.05, 3.63) is 39.6 Å². The van der Waals surface area contributed by atoms with Gasteiger partial charge in [0.15, 0.2) is 0 Å². The molecule has 0 aliphatic carbocycles. The Morgan fingerprint density at radius 1 is 1.33 bits per heavy atom. The van der Waals surface area contributed by atoms with Gasteiger partial charge in [0.2, 0.25) is 0 Å². The summed E-state index contributed by atoms with van der Waals surface area (Å²) in [5, 5.41) is 2.41. The largest absolute Gasteiger partial charge is 0.431 e. The van der Waals surface area contributed by atoms with Crippen LogP contribution in [-0.4, -0.2) is 4.98 Å². The highest BCUT2D eigenvalue weighted by molar-refractivity contribution is 7.11. The standard InChI is InChI=1S/C9H4Cl2FNOS/c10-6-3-5(1-2-7(6)12)14-9-13-8(11)4-15-9/h1-4H. The molecule has 1 aromatic heterocycles. The number of hydrogen-bond donors (Lipinski definition) is 0. The topological polar surface area (TPSA) is 22.1 Å². The molecule has 0 saturated heterocycles. The van der Waals surface area contributed by atoms with Crippen LogP contribution in [0.4, 0.5) is 4.39 Å². The normalized spacial score (nSPS) is 10.3. The third kappa shape index (κ3) is 2.59. The minimum Gasteiger partial charge on any atom is -0.431 e. The average molecular weight is 264 g/mol. The van der Waals surface area contributed by atoms with Gasteiger partial charge in [-0.25, -0.2) is 4.39 Å². The zero-order valence-electron chi connectivity index (χ0n) is 7.21. The summed E-state index contributed by atoms with van der Waals surface area (Å²) in [6.07, 6.45) is 0. The van der Waals surface area contributed by atoms with Gasteiger partial charge < -0.3 is 4.74 Å². The number of rotatable bonds is 2. The molecular formula is C9H4Cl2FNOS. The van der Waals surface area contributed by atoms with Gasteiger partial charge in [0.1, 0.15) is 16.7 Å². The van der Waals surface area contributed by atoms with Crippen LogP contribution in [0.25, 0.3) is 0 Å². The summed E-state index contributed by atoms with van der Waals surface area (Å²) in [5.41, 5.74) is 0. The van der Waals surface area contributed by atoms with Crippen molar-refractivity contribution in [1.29, 1.82) is 0 Å². The molecule has 15 heavy (non-hydrogen) atoms. The molecule has 2 aromatic rings. The van der Waals surface area contributed by atoms with E-state index in [0.717, 1.165) is 0 Å². The van der Waals surface area contributed by atoms with Crippen molar-refractivity contribution < 1.29 is 9.13 Å². The van der Waals surface area contributed by atoms with E-state index in [0.29, 0.717) is 16.1 Å². The van der Waals surface area contributed by atoms with Gasteiger partial charge in [-0.15, -0.1) is 0 Å². The second kappa shape index (κ2) is 4.35. The summed E-state index contributed by atoms with van der Waals surface area (Å²) in [6, 6.07) is 4.08. The molecule has 0 fully saturated rings. The van der Waals surface area contributed by atoms with Gasteiger partial charge in [-0.2, -0.15) is 4.98 Å². The highest BCUT2D eigenvalue weighted by Crippen LogP contribution is 2.29. The van der Waals surface area contributed by atoms with Gasteiger partial charge in [-0.05, 0) is 12.1 Å². The first-order valence-corrected chi connectivity index (χ1v) is 5.52. The predicted octanol–water partition coefficient (Wildman–Crippen LogP) is 4.38. The van der Waals surface area contributed by atoms with E-state index >= 15 is 0 Å². The van der Waals surface area contributed by atoms with Gasteiger partial charge in [0.05, 0.1) is 5.02 Å². The zero-order chi connectivity index (χ0) is 10.8.